The number of furan rings is 1. The van der Waals surface area contributed by atoms with Gasteiger partial charge in [0.25, 0.3) is 0 Å². The average Bonchev–Trinajstić information content (AvgIpc) is 3.20. The number of hydrogen-bond acceptors (Lipinski definition) is 5. The van der Waals surface area contributed by atoms with Gasteiger partial charge in [-0.1, -0.05) is 12.1 Å². The van der Waals surface area contributed by atoms with Crippen LogP contribution < -0.4 is 5.43 Å². The summed E-state index contributed by atoms with van der Waals surface area (Å²) in [5.41, 5.74) is 2.92. The molecular weight excluding hydrogens is 310 g/mol. The van der Waals surface area contributed by atoms with Crippen LogP contribution in [0.3, 0.4) is 0 Å². The van der Waals surface area contributed by atoms with Crippen molar-refractivity contribution < 1.29 is 19.1 Å². The number of carbonyl (C=O) groups excluding carboxylic acids is 2. The van der Waals surface area contributed by atoms with Crippen LogP contribution >= 0.6 is 0 Å². The molecule has 0 radical (unpaired) electrons. The number of nitrogens with one attached hydrogen (secondary N) is 1. The van der Waals surface area contributed by atoms with E-state index in [1.165, 1.54) is 12.3 Å². The Morgan fingerprint density at radius 1 is 1.38 bits per heavy atom. The summed E-state index contributed by atoms with van der Waals surface area (Å²) >= 11 is 0. The van der Waals surface area contributed by atoms with E-state index in [0.717, 1.165) is 0 Å². The molecule has 0 bridgehead atoms. The number of nitrogens with zero attached hydrogens (tertiary/aromatic N) is 2. The van der Waals surface area contributed by atoms with Crippen molar-refractivity contribution in [2.75, 3.05) is 6.54 Å². The van der Waals surface area contributed by atoms with E-state index in [4.69, 9.17) is 4.42 Å². The SMILES string of the molecule is O=C(N/N=C/c1ccccc1O)C1CC(=O)N(Cc2ccco2)C1. The fourth-order valence-electron chi connectivity index (χ4n) is 2.54. The maximum atomic E-state index is 12.1. The molecular formula is C17H17N3O4. The minimum Gasteiger partial charge on any atom is -0.507 e. The molecule has 1 aliphatic rings. The Morgan fingerprint density at radius 3 is 2.96 bits per heavy atom. The predicted octanol–water partition coefficient (Wildman–Crippen LogP) is 1.48. The summed E-state index contributed by atoms with van der Waals surface area (Å²) in [4.78, 5) is 25.7. The number of amides is 2. The van der Waals surface area contributed by atoms with Gasteiger partial charge < -0.3 is 14.4 Å². The van der Waals surface area contributed by atoms with E-state index in [-0.39, 0.29) is 24.0 Å². The summed E-state index contributed by atoms with van der Waals surface area (Å²) in [5, 5.41) is 13.5. The fourth-order valence-corrected chi connectivity index (χ4v) is 2.54. The fraction of sp³-hybridized carbons (Fsp3) is 0.235. The summed E-state index contributed by atoms with van der Waals surface area (Å²) in [6.07, 6.45) is 3.07. The highest BCUT2D eigenvalue weighted by Crippen LogP contribution is 2.20. The van der Waals surface area contributed by atoms with Gasteiger partial charge in [-0.25, -0.2) is 5.43 Å². The third-order valence-corrected chi connectivity index (χ3v) is 3.83. The Kier molecular flexibility index (Phi) is 4.60. The molecule has 2 aromatic rings. The van der Waals surface area contributed by atoms with Crippen molar-refractivity contribution in [2.24, 2.45) is 11.0 Å². The minimum atomic E-state index is -0.450. The van der Waals surface area contributed by atoms with E-state index in [2.05, 4.69) is 10.5 Å². The smallest absolute Gasteiger partial charge is 0.245 e. The summed E-state index contributed by atoms with van der Waals surface area (Å²) in [6, 6.07) is 10.2. The first-order valence-corrected chi connectivity index (χ1v) is 7.54. The number of aromatic hydroxyl groups is 1. The second kappa shape index (κ2) is 6.99. The Labute approximate surface area is 138 Å². The molecule has 7 heteroatoms. The van der Waals surface area contributed by atoms with E-state index < -0.39 is 5.92 Å². The molecule has 1 fully saturated rings. The van der Waals surface area contributed by atoms with Gasteiger partial charge in [0.1, 0.15) is 11.5 Å². The van der Waals surface area contributed by atoms with Crippen LogP contribution in [-0.4, -0.2) is 34.6 Å². The maximum Gasteiger partial charge on any atom is 0.245 e. The quantitative estimate of drug-likeness (QED) is 0.642. The first-order valence-electron chi connectivity index (χ1n) is 7.54. The molecule has 2 N–H and O–H groups in total. The van der Waals surface area contributed by atoms with E-state index >= 15 is 0 Å². The van der Waals surface area contributed by atoms with Crippen molar-refractivity contribution in [1.29, 1.82) is 0 Å². The molecule has 1 aromatic heterocycles. The average molecular weight is 327 g/mol. The second-order valence-electron chi connectivity index (χ2n) is 5.55. The van der Waals surface area contributed by atoms with Crippen molar-refractivity contribution in [3.63, 3.8) is 0 Å². The van der Waals surface area contributed by atoms with Crippen molar-refractivity contribution in [1.82, 2.24) is 10.3 Å². The molecule has 3 rings (SSSR count). The minimum absolute atomic E-state index is 0.0798. The molecule has 1 aliphatic heterocycles. The summed E-state index contributed by atoms with van der Waals surface area (Å²) in [5.74, 6) is -0.0969. The van der Waals surface area contributed by atoms with Crippen molar-refractivity contribution in [3.8, 4) is 5.75 Å². The van der Waals surface area contributed by atoms with Crippen molar-refractivity contribution in [2.45, 2.75) is 13.0 Å². The Hall–Kier alpha value is -3.09. The molecule has 2 amide bonds. The molecule has 1 aromatic carbocycles. The number of likely N-dealkylation sites (tertiary alicyclic amines) is 1. The van der Waals surface area contributed by atoms with E-state index in [9.17, 15) is 14.7 Å². The lowest BCUT2D eigenvalue weighted by molar-refractivity contribution is -0.129. The van der Waals surface area contributed by atoms with Crippen LogP contribution in [0.1, 0.15) is 17.7 Å². The summed E-state index contributed by atoms with van der Waals surface area (Å²) in [7, 11) is 0. The van der Waals surface area contributed by atoms with Crippen molar-refractivity contribution >= 4 is 18.0 Å². The van der Waals surface area contributed by atoms with Crippen LogP contribution in [0.2, 0.25) is 0 Å². The van der Waals surface area contributed by atoms with Gasteiger partial charge in [-0.3, -0.25) is 9.59 Å². The molecule has 1 saturated heterocycles. The van der Waals surface area contributed by atoms with Crippen LogP contribution in [0.5, 0.6) is 5.75 Å². The van der Waals surface area contributed by atoms with Gasteiger partial charge >= 0.3 is 0 Å². The largest absolute Gasteiger partial charge is 0.507 e. The number of benzene rings is 1. The van der Waals surface area contributed by atoms with Gasteiger partial charge in [0, 0.05) is 18.5 Å². The monoisotopic (exact) mass is 327 g/mol. The first kappa shape index (κ1) is 15.8. The highest BCUT2D eigenvalue weighted by Gasteiger charge is 2.34. The topological polar surface area (TPSA) is 95.1 Å². The van der Waals surface area contributed by atoms with Crippen LogP contribution in [0.25, 0.3) is 0 Å². The summed E-state index contributed by atoms with van der Waals surface area (Å²) < 4.78 is 5.22. The number of para-hydroxylation sites is 1. The number of phenolic OH excluding ortho intramolecular Hbond substituents is 1. The molecule has 2 heterocycles. The first-order chi connectivity index (χ1) is 11.6. The van der Waals surface area contributed by atoms with Gasteiger partial charge in [-0.15, -0.1) is 0 Å². The second-order valence-corrected chi connectivity index (χ2v) is 5.55. The maximum absolute atomic E-state index is 12.1. The number of hydrogen-bond donors (Lipinski definition) is 2. The van der Waals surface area contributed by atoms with Crippen LogP contribution in [-0.2, 0) is 16.1 Å². The van der Waals surface area contributed by atoms with Gasteiger partial charge in [0.2, 0.25) is 11.8 Å². The van der Waals surface area contributed by atoms with Crippen LogP contribution in [0.15, 0.2) is 52.2 Å². The molecule has 0 aliphatic carbocycles. The third-order valence-electron chi connectivity index (χ3n) is 3.83. The zero-order valence-electron chi connectivity index (χ0n) is 12.9. The standard InChI is InChI=1S/C17H17N3O4/c21-15-6-2-1-4-12(15)9-18-19-17(23)13-8-16(22)20(10-13)11-14-5-3-7-24-14/h1-7,9,13,21H,8,10-11H2,(H,19,23)/b18-9+. The number of phenols is 1. The zero-order chi connectivity index (χ0) is 16.9. The lowest BCUT2D eigenvalue weighted by atomic mass is 10.1. The molecule has 1 atom stereocenters. The number of rotatable bonds is 5. The molecule has 124 valence electrons. The number of hydrazone groups is 1. The normalized spacial score (nSPS) is 17.6. The van der Waals surface area contributed by atoms with Gasteiger partial charge in [-0.2, -0.15) is 5.10 Å². The predicted molar refractivity (Wildman–Crippen MR) is 86.1 cm³/mol. The highest BCUT2D eigenvalue weighted by atomic mass is 16.3. The lowest BCUT2D eigenvalue weighted by Gasteiger charge is -2.14. The lowest BCUT2D eigenvalue weighted by Crippen LogP contribution is -2.30. The Bertz CT molecular complexity index is 755. The Balaban J connectivity index is 1.54. The van der Waals surface area contributed by atoms with Gasteiger partial charge in [-0.05, 0) is 24.3 Å². The Morgan fingerprint density at radius 2 is 2.21 bits per heavy atom. The zero-order valence-corrected chi connectivity index (χ0v) is 12.9. The molecule has 0 saturated carbocycles. The molecule has 24 heavy (non-hydrogen) atoms. The molecule has 0 spiro atoms. The van der Waals surface area contributed by atoms with Crippen LogP contribution in [0, 0.1) is 5.92 Å². The van der Waals surface area contributed by atoms with Crippen molar-refractivity contribution in [3.05, 3.63) is 54.0 Å². The van der Waals surface area contributed by atoms with Gasteiger partial charge in [0.05, 0.1) is 24.9 Å². The molecule has 7 nitrogen and oxygen atoms in total. The highest BCUT2D eigenvalue weighted by molar-refractivity contribution is 5.90. The van der Waals surface area contributed by atoms with Crippen LogP contribution in [0.4, 0.5) is 0 Å². The summed E-state index contributed by atoms with van der Waals surface area (Å²) in [6.45, 7) is 0.689. The van der Waals surface area contributed by atoms with Gasteiger partial charge in [0.15, 0.2) is 0 Å². The van der Waals surface area contributed by atoms with E-state index in [1.54, 1.807) is 41.5 Å². The third kappa shape index (κ3) is 3.62. The number of carbonyl (C=O) groups is 2. The van der Waals surface area contributed by atoms with E-state index in [1.807, 2.05) is 0 Å². The molecule has 1 unspecified atom stereocenters. The van der Waals surface area contributed by atoms with E-state index in [0.29, 0.717) is 24.4 Å².